The number of anilines is 2. The molecule has 28 heavy (non-hydrogen) atoms. The highest BCUT2D eigenvalue weighted by Crippen LogP contribution is 2.44. The van der Waals surface area contributed by atoms with Gasteiger partial charge >= 0.3 is 0 Å². The Morgan fingerprint density at radius 3 is 2.71 bits per heavy atom. The van der Waals surface area contributed by atoms with Crippen LogP contribution in [0.15, 0.2) is 47.3 Å². The van der Waals surface area contributed by atoms with Crippen molar-refractivity contribution in [1.29, 1.82) is 0 Å². The smallest absolute Gasteiger partial charge is 0.251 e. The summed E-state index contributed by atoms with van der Waals surface area (Å²) in [5, 5.41) is 0. The third-order valence-corrected chi connectivity index (χ3v) is 6.83. The zero-order valence-electron chi connectivity index (χ0n) is 16.3. The lowest BCUT2D eigenvalue weighted by Gasteiger charge is -2.32. The number of H-pyrrole nitrogens is 1. The number of aromatic nitrogens is 1. The van der Waals surface area contributed by atoms with E-state index in [0.29, 0.717) is 6.04 Å². The van der Waals surface area contributed by atoms with E-state index in [4.69, 9.17) is 4.74 Å². The molecule has 3 heterocycles. The highest BCUT2D eigenvalue weighted by atomic mass is 16.5. The lowest BCUT2D eigenvalue weighted by molar-refractivity contribution is 0.122. The average Bonchev–Trinajstić information content (AvgIpc) is 3.32. The molecule has 1 N–H and O–H groups in total. The Morgan fingerprint density at radius 2 is 1.89 bits per heavy atom. The maximum absolute atomic E-state index is 12.5. The maximum Gasteiger partial charge on any atom is 0.251 e. The molecular formula is C23H29N3O2. The quantitative estimate of drug-likeness (QED) is 0.887. The molecule has 1 aliphatic carbocycles. The normalized spacial score (nSPS) is 27.2. The van der Waals surface area contributed by atoms with Crippen molar-refractivity contribution in [3.8, 4) is 0 Å². The van der Waals surface area contributed by atoms with Gasteiger partial charge in [0.05, 0.1) is 13.2 Å². The molecule has 3 fully saturated rings. The lowest BCUT2D eigenvalue weighted by Crippen LogP contribution is -2.38. The summed E-state index contributed by atoms with van der Waals surface area (Å²) in [6, 6.07) is 15.2. The molecule has 5 nitrogen and oxygen atoms in total. The van der Waals surface area contributed by atoms with E-state index in [1.165, 1.54) is 24.8 Å². The standard InChI is InChI=1S/C23H29N3O2/c27-23-15-19(25-9-11-28-12-10-25)14-22(24-23)26-16-18-7-4-8-20(18)21(26)13-17-5-2-1-3-6-17/h1-3,5-6,14-15,18,20-21H,4,7-13,16H2,(H,24,27)/t18-,20-,21-/m0/s1. The first kappa shape index (κ1) is 17.8. The van der Waals surface area contributed by atoms with Crippen LogP contribution in [-0.2, 0) is 11.2 Å². The molecule has 0 amide bonds. The van der Waals surface area contributed by atoms with Gasteiger partial charge in [0, 0.05) is 43.5 Å². The largest absolute Gasteiger partial charge is 0.378 e. The Morgan fingerprint density at radius 1 is 1.07 bits per heavy atom. The number of ether oxygens (including phenoxy) is 1. The van der Waals surface area contributed by atoms with Crippen LogP contribution in [0.2, 0.25) is 0 Å². The number of benzene rings is 1. The minimum absolute atomic E-state index is 0.00508. The van der Waals surface area contributed by atoms with Crippen LogP contribution in [0, 0.1) is 11.8 Å². The molecule has 2 saturated heterocycles. The van der Waals surface area contributed by atoms with Crippen molar-refractivity contribution in [3.05, 3.63) is 58.4 Å². The van der Waals surface area contributed by atoms with Crippen molar-refractivity contribution in [1.82, 2.24) is 4.98 Å². The highest BCUT2D eigenvalue weighted by Gasteiger charge is 2.44. The second-order valence-electron chi connectivity index (χ2n) is 8.45. The molecular weight excluding hydrogens is 350 g/mol. The minimum Gasteiger partial charge on any atom is -0.378 e. The molecule has 0 radical (unpaired) electrons. The highest BCUT2D eigenvalue weighted by molar-refractivity contribution is 5.56. The zero-order valence-corrected chi connectivity index (χ0v) is 16.3. The molecule has 5 heteroatoms. The fourth-order valence-corrected chi connectivity index (χ4v) is 5.49. The van der Waals surface area contributed by atoms with Crippen LogP contribution in [-0.4, -0.2) is 43.9 Å². The number of hydrogen-bond donors (Lipinski definition) is 1. The summed E-state index contributed by atoms with van der Waals surface area (Å²) < 4.78 is 5.48. The zero-order chi connectivity index (χ0) is 18.9. The fraction of sp³-hybridized carbons (Fsp3) is 0.522. The topological polar surface area (TPSA) is 48.6 Å². The molecule has 148 valence electrons. The number of fused-ring (bicyclic) bond motifs is 1. The molecule has 5 rings (SSSR count). The summed E-state index contributed by atoms with van der Waals surface area (Å²) in [7, 11) is 0. The summed E-state index contributed by atoms with van der Waals surface area (Å²) in [5.74, 6) is 2.48. The van der Waals surface area contributed by atoms with Gasteiger partial charge in [-0.3, -0.25) is 4.79 Å². The summed E-state index contributed by atoms with van der Waals surface area (Å²) in [6.07, 6.45) is 5.02. The van der Waals surface area contributed by atoms with Crippen LogP contribution >= 0.6 is 0 Å². The first-order valence-corrected chi connectivity index (χ1v) is 10.7. The van der Waals surface area contributed by atoms with E-state index in [2.05, 4.69) is 51.2 Å². The van der Waals surface area contributed by atoms with Crippen LogP contribution in [0.4, 0.5) is 11.5 Å². The van der Waals surface area contributed by atoms with Gasteiger partial charge in [0.1, 0.15) is 5.82 Å². The molecule has 1 aromatic carbocycles. The van der Waals surface area contributed by atoms with Crippen molar-refractivity contribution >= 4 is 11.5 Å². The molecule has 1 saturated carbocycles. The van der Waals surface area contributed by atoms with E-state index in [1.807, 2.05) is 0 Å². The van der Waals surface area contributed by atoms with Crippen LogP contribution in [0.5, 0.6) is 0 Å². The number of pyridine rings is 1. The Bertz CT molecular complexity index is 860. The van der Waals surface area contributed by atoms with Crippen molar-refractivity contribution in [2.75, 3.05) is 42.6 Å². The van der Waals surface area contributed by atoms with Gasteiger partial charge in [-0.1, -0.05) is 36.8 Å². The summed E-state index contributed by atoms with van der Waals surface area (Å²) in [6.45, 7) is 4.22. The molecule has 0 bridgehead atoms. The van der Waals surface area contributed by atoms with E-state index in [0.717, 1.165) is 62.6 Å². The second-order valence-corrected chi connectivity index (χ2v) is 8.45. The lowest BCUT2D eigenvalue weighted by atomic mass is 9.90. The summed E-state index contributed by atoms with van der Waals surface area (Å²) >= 11 is 0. The average molecular weight is 380 g/mol. The van der Waals surface area contributed by atoms with Crippen LogP contribution in [0.1, 0.15) is 24.8 Å². The Hall–Kier alpha value is -2.27. The number of morpholine rings is 1. The number of hydrogen-bond acceptors (Lipinski definition) is 4. The number of rotatable bonds is 4. The molecule has 0 spiro atoms. The van der Waals surface area contributed by atoms with E-state index in [1.54, 1.807) is 6.07 Å². The van der Waals surface area contributed by atoms with E-state index < -0.39 is 0 Å². The van der Waals surface area contributed by atoms with Gasteiger partial charge in [-0.25, -0.2) is 0 Å². The Labute approximate surface area is 166 Å². The molecule has 3 atom stereocenters. The maximum atomic E-state index is 12.5. The SMILES string of the molecule is O=c1cc(N2CCOCC2)cc(N2C[C@@H]3CCC[C@@H]3[C@@H]2Cc2ccccc2)[nH]1. The van der Waals surface area contributed by atoms with E-state index >= 15 is 0 Å². The fourth-order valence-electron chi connectivity index (χ4n) is 5.49. The molecule has 3 aliphatic rings. The van der Waals surface area contributed by atoms with Crippen molar-refractivity contribution < 1.29 is 4.74 Å². The van der Waals surface area contributed by atoms with Crippen molar-refractivity contribution in [3.63, 3.8) is 0 Å². The third kappa shape index (κ3) is 3.44. The van der Waals surface area contributed by atoms with Gasteiger partial charge in [-0.05, 0) is 36.7 Å². The monoisotopic (exact) mass is 379 g/mol. The van der Waals surface area contributed by atoms with E-state index in [-0.39, 0.29) is 5.56 Å². The number of nitrogens with zero attached hydrogens (tertiary/aromatic N) is 2. The predicted molar refractivity (Wildman–Crippen MR) is 112 cm³/mol. The Kier molecular flexibility index (Phi) is 4.85. The van der Waals surface area contributed by atoms with Gasteiger partial charge in [-0.15, -0.1) is 0 Å². The molecule has 0 unspecified atom stereocenters. The first-order chi connectivity index (χ1) is 13.8. The predicted octanol–water partition coefficient (Wildman–Crippen LogP) is 3.06. The summed E-state index contributed by atoms with van der Waals surface area (Å²) in [4.78, 5) is 20.4. The second kappa shape index (κ2) is 7.63. The first-order valence-electron chi connectivity index (χ1n) is 10.7. The van der Waals surface area contributed by atoms with Gasteiger partial charge < -0.3 is 19.5 Å². The van der Waals surface area contributed by atoms with Crippen molar-refractivity contribution in [2.24, 2.45) is 11.8 Å². The van der Waals surface area contributed by atoms with Crippen LogP contribution < -0.4 is 15.4 Å². The minimum atomic E-state index is -0.00508. The van der Waals surface area contributed by atoms with Gasteiger partial charge in [-0.2, -0.15) is 0 Å². The Balaban J connectivity index is 1.46. The number of aromatic amines is 1. The summed E-state index contributed by atoms with van der Waals surface area (Å²) in [5.41, 5.74) is 2.41. The van der Waals surface area contributed by atoms with Gasteiger partial charge in [0.25, 0.3) is 5.56 Å². The molecule has 2 aromatic rings. The van der Waals surface area contributed by atoms with Crippen LogP contribution in [0.3, 0.4) is 0 Å². The van der Waals surface area contributed by atoms with Crippen LogP contribution in [0.25, 0.3) is 0 Å². The van der Waals surface area contributed by atoms with Gasteiger partial charge in [0.15, 0.2) is 0 Å². The molecule has 1 aromatic heterocycles. The third-order valence-electron chi connectivity index (χ3n) is 6.83. The number of nitrogens with one attached hydrogen (secondary N) is 1. The van der Waals surface area contributed by atoms with Crippen molar-refractivity contribution in [2.45, 2.75) is 31.7 Å². The van der Waals surface area contributed by atoms with E-state index in [9.17, 15) is 4.79 Å². The molecule has 2 aliphatic heterocycles. The van der Waals surface area contributed by atoms with Gasteiger partial charge in [0.2, 0.25) is 0 Å².